The Kier molecular flexibility index (Phi) is 6.04. The standard InChI is InChI=1S/C21H25N5O5/c1-4-15-17(29-12(2)27)18(30-13(3)28)21(31-15)26-11-24-16-19(22-10-23-20(16)26)25-14-8-6-5-7-9-14/h1,10-11,14-15,17-18,21H,5-9H2,2-3H3,(H,22,23,25)/t15-,17-,18-,21-/m1/s1. The molecule has 31 heavy (non-hydrogen) atoms. The van der Waals surface area contributed by atoms with Crippen LogP contribution < -0.4 is 5.32 Å². The van der Waals surface area contributed by atoms with Crippen molar-refractivity contribution >= 4 is 28.9 Å². The predicted molar refractivity (Wildman–Crippen MR) is 110 cm³/mol. The summed E-state index contributed by atoms with van der Waals surface area (Å²) in [5.74, 6) is 2.00. The molecule has 2 fully saturated rings. The molecule has 2 aliphatic rings. The van der Waals surface area contributed by atoms with Gasteiger partial charge in [-0.05, 0) is 12.8 Å². The van der Waals surface area contributed by atoms with Crippen LogP contribution in [0.4, 0.5) is 5.82 Å². The van der Waals surface area contributed by atoms with Crippen molar-refractivity contribution in [3.8, 4) is 12.3 Å². The van der Waals surface area contributed by atoms with Crippen molar-refractivity contribution in [2.24, 2.45) is 0 Å². The lowest BCUT2D eigenvalue weighted by atomic mass is 9.95. The molecule has 10 nitrogen and oxygen atoms in total. The molecule has 2 aromatic heterocycles. The van der Waals surface area contributed by atoms with E-state index in [1.54, 1.807) is 4.57 Å². The highest BCUT2D eigenvalue weighted by atomic mass is 16.6. The fourth-order valence-electron chi connectivity index (χ4n) is 4.22. The predicted octanol–water partition coefficient (Wildman–Crippen LogP) is 1.96. The van der Waals surface area contributed by atoms with E-state index in [0.29, 0.717) is 23.0 Å². The molecule has 1 N–H and O–H groups in total. The maximum Gasteiger partial charge on any atom is 0.303 e. The zero-order valence-electron chi connectivity index (χ0n) is 17.5. The Labute approximate surface area is 179 Å². The summed E-state index contributed by atoms with van der Waals surface area (Å²) >= 11 is 0. The zero-order chi connectivity index (χ0) is 22.0. The lowest BCUT2D eigenvalue weighted by molar-refractivity contribution is -0.165. The molecule has 0 unspecified atom stereocenters. The molecule has 0 aromatic carbocycles. The van der Waals surface area contributed by atoms with Gasteiger partial charge in [-0.2, -0.15) is 0 Å². The minimum Gasteiger partial charge on any atom is -0.455 e. The second-order valence-corrected chi connectivity index (χ2v) is 7.79. The molecular formula is C21H25N5O5. The van der Waals surface area contributed by atoms with Crippen molar-refractivity contribution in [3.63, 3.8) is 0 Å². The topological polar surface area (TPSA) is 117 Å². The molecule has 0 amide bonds. The molecule has 3 heterocycles. The van der Waals surface area contributed by atoms with Gasteiger partial charge in [-0.15, -0.1) is 6.42 Å². The molecular weight excluding hydrogens is 402 g/mol. The van der Waals surface area contributed by atoms with Crippen molar-refractivity contribution < 1.29 is 23.8 Å². The molecule has 0 radical (unpaired) electrons. The smallest absolute Gasteiger partial charge is 0.303 e. The van der Waals surface area contributed by atoms with Crippen LogP contribution in [-0.4, -0.2) is 55.8 Å². The third kappa shape index (κ3) is 4.32. The first-order valence-corrected chi connectivity index (χ1v) is 10.4. The van der Waals surface area contributed by atoms with E-state index >= 15 is 0 Å². The molecule has 1 saturated heterocycles. The Morgan fingerprint density at radius 1 is 1.13 bits per heavy atom. The van der Waals surface area contributed by atoms with Gasteiger partial charge in [0.2, 0.25) is 0 Å². The van der Waals surface area contributed by atoms with Gasteiger partial charge in [0, 0.05) is 19.9 Å². The van der Waals surface area contributed by atoms with Crippen LogP contribution in [0.25, 0.3) is 11.2 Å². The lowest BCUT2D eigenvalue weighted by Crippen LogP contribution is -2.38. The van der Waals surface area contributed by atoms with E-state index in [4.69, 9.17) is 20.6 Å². The first-order chi connectivity index (χ1) is 15.0. The fraction of sp³-hybridized carbons (Fsp3) is 0.571. The van der Waals surface area contributed by atoms with Crippen molar-refractivity contribution in [1.82, 2.24) is 19.5 Å². The summed E-state index contributed by atoms with van der Waals surface area (Å²) in [6, 6.07) is 0.340. The third-order valence-corrected chi connectivity index (χ3v) is 5.54. The molecule has 0 spiro atoms. The molecule has 2 aromatic rings. The second-order valence-electron chi connectivity index (χ2n) is 7.79. The number of hydrogen-bond acceptors (Lipinski definition) is 9. The maximum absolute atomic E-state index is 11.7. The number of hydrogen-bond donors (Lipinski definition) is 1. The Morgan fingerprint density at radius 3 is 2.52 bits per heavy atom. The number of esters is 2. The quantitative estimate of drug-likeness (QED) is 0.564. The van der Waals surface area contributed by atoms with Crippen molar-refractivity contribution in [3.05, 3.63) is 12.7 Å². The number of carbonyl (C=O) groups excluding carboxylic acids is 2. The van der Waals surface area contributed by atoms with Gasteiger partial charge in [-0.25, -0.2) is 15.0 Å². The minimum atomic E-state index is -0.954. The Morgan fingerprint density at radius 2 is 1.84 bits per heavy atom. The molecule has 10 heteroatoms. The van der Waals surface area contributed by atoms with Gasteiger partial charge in [-0.1, -0.05) is 25.2 Å². The van der Waals surface area contributed by atoms with Gasteiger partial charge >= 0.3 is 11.9 Å². The van der Waals surface area contributed by atoms with Crippen LogP contribution >= 0.6 is 0 Å². The molecule has 0 bridgehead atoms. The van der Waals surface area contributed by atoms with E-state index in [2.05, 4.69) is 26.2 Å². The Balaban J connectivity index is 1.67. The summed E-state index contributed by atoms with van der Waals surface area (Å²) in [4.78, 5) is 36.5. The van der Waals surface area contributed by atoms with Gasteiger partial charge in [-0.3, -0.25) is 14.2 Å². The van der Waals surface area contributed by atoms with Gasteiger partial charge in [0.05, 0.1) is 6.33 Å². The van der Waals surface area contributed by atoms with E-state index in [0.717, 1.165) is 12.8 Å². The summed E-state index contributed by atoms with van der Waals surface area (Å²) in [7, 11) is 0. The Hall–Kier alpha value is -3.19. The molecule has 4 atom stereocenters. The number of imidazole rings is 1. The van der Waals surface area contributed by atoms with Crippen LogP contribution in [0, 0.1) is 12.3 Å². The van der Waals surface area contributed by atoms with Crippen LogP contribution in [0.15, 0.2) is 12.7 Å². The SMILES string of the molecule is C#C[C@H]1O[C@@H](n2cnc3c(NC4CCCCC4)ncnc32)[C@H](OC(C)=O)[C@@H]1OC(C)=O. The number of rotatable bonds is 5. The highest BCUT2D eigenvalue weighted by Gasteiger charge is 2.50. The monoisotopic (exact) mass is 427 g/mol. The van der Waals surface area contributed by atoms with Crippen LogP contribution in [0.2, 0.25) is 0 Å². The molecule has 1 aliphatic carbocycles. The Bertz CT molecular complexity index is 1010. The van der Waals surface area contributed by atoms with E-state index < -0.39 is 36.5 Å². The van der Waals surface area contributed by atoms with E-state index in [-0.39, 0.29) is 0 Å². The summed E-state index contributed by atoms with van der Waals surface area (Å²) in [6.07, 6.45) is 10.7. The second kappa shape index (κ2) is 8.89. The van der Waals surface area contributed by atoms with Gasteiger partial charge in [0.15, 0.2) is 41.5 Å². The first kappa shape index (κ1) is 21.1. The van der Waals surface area contributed by atoms with Crippen LogP contribution in [0.5, 0.6) is 0 Å². The molecule has 4 rings (SSSR count). The average molecular weight is 427 g/mol. The number of terminal acetylenes is 1. The maximum atomic E-state index is 11.7. The number of nitrogens with zero attached hydrogens (tertiary/aromatic N) is 4. The molecule has 1 aliphatic heterocycles. The van der Waals surface area contributed by atoms with Crippen molar-refractivity contribution in [2.45, 2.75) is 76.5 Å². The summed E-state index contributed by atoms with van der Waals surface area (Å²) < 4.78 is 18.3. The van der Waals surface area contributed by atoms with Crippen LogP contribution in [-0.2, 0) is 23.8 Å². The largest absolute Gasteiger partial charge is 0.455 e. The molecule has 164 valence electrons. The number of aromatic nitrogens is 4. The van der Waals surface area contributed by atoms with E-state index in [1.165, 1.54) is 45.8 Å². The summed E-state index contributed by atoms with van der Waals surface area (Å²) in [6.45, 7) is 2.53. The van der Waals surface area contributed by atoms with E-state index in [9.17, 15) is 9.59 Å². The van der Waals surface area contributed by atoms with Gasteiger partial charge < -0.3 is 19.5 Å². The van der Waals surface area contributed by atoms with E-state index in [1.807, 2.05) is 0 Å². The third-order valence-electron chi connectivity index (χ3n) is 5.54. The highest BCUT2D eigenvalue weighted by Crippen LogP contribution is 2.36. The normalized spacial score (nSPS) is 26.4. The fourth-order valence-corrected chi connectivity index (χ4v) is 4.22. The molecule has 1 saturated carbocycles. The first-order valence-electron chi connectivity index (χ1n) is 10.4. The average Bonchev–Trinajstić information content (AvgIpc) is 3.30. The van der Waals surface area contributed by atoms with Gasteiger partial charge in [0.1, 0.15) is 6.33 Å². The summed E-state index contributed by atoms with van der Waals surface area (Å²) in [5.41, 5.74) is 1.07. The van der Waals surface area contributed by atoms with Crippen molar-refractivity contribution in [1.29, 1.82) is 0 Å². The van der Waals surface area contributed by atoms with Crippen molar-refractivity contribution in [2.75, 3.05) is 5.32 Å². The zero-order valence-corrected chi connectivity index (χ0v) is 17.5. The number of anilines is 1. The number of ether oxygens (including phenoxy) is 3. The van der Waals surface area contributed by atoms with Crippen LogP contribution in [0.1, 0.15) is 52.2 Å². The number of fused-ring (bicyclic) bond motifs is 1. The summed E-state index contributed by atoms with van der Waals surface area (Å²) in [5, 5.41) is 3.47. The van der Waals surface area contributed by atoms with Crippen LogP contribution in [0.3, 0.4) is 0 Å². The van der Waals surface area contributed by atoms with Gasteiger partial charge in [0.25, 0.3) is 0 Å². The number of carbonyl (C=O) groups is 2. The minimum absolute atomic E-state index is 0.340. The highest BCUT2D eigenvalue weighted by molar-refractivity contribution is 5.83. The number of nitrogens with one attached hydrogen (secondary N) is 1. The lowest BCUT2D eigenvalue weighted by Gasteiger charge is -2.24.